The van der Waals surface area contributed by atoms with E-state index in [0.29, 0.717) is 16.7 Å². The van der Waals surface area contributed by atoms with Gasteiger partial charge in [0.1, 0.15) is 11.4 Å². The lowest BCUT2D eigenvalue weighted by Crippen LogP contribution is -1.93. The van der Waals surface area contributed by atoms with E-state index in [-0.39, 0.29) is 0 Å². The Morgan fingerprint density at radius 3 is 3.00 bits per heavy atom. The third-order valence-corrected chi connectivity index (χ3v) is 3.30. The molecule has 0 saturated heterocycles. The molecule has 0 aliphatic carbocycles. The summed E-state index contributed by atoms with van der Waals surface area (Å²) in [5.41, 5.74) is 0.832. The predicted molar refractivity (Wildman–Crippen MR) is 74.4 cm³/mol. The van der Waals surface area contributed by atoms with Gasteiger partial charge in [0, 0.05) is 16.9 Å². The Hall–Kier alpha value is -1.52. The average molecular weight is 324 g/mol. The molecule has 0 radical (unpaired) electrons. The summed E-state index contributed by atoms with van der Waals surface area (Å²) in [4.78, 5) is 4.20. The second-order valence-electron chi connectivity index (χ2n) is 3.70. The van der Waals surface area contributed by atoms with Crippen molar-refractivity contribution >= 4 is 33.2 Å². The Bertz CT molecular complexity index is 711. The molecule has 2 heterocycles. The molecular formula is C13H8BrClN2O. The molecule has 0 amide bonds. The maximum Gasteiger partial charge on any atom is 0.205 e. The molecule has 2 aromatic heterocycles. The fraction of sp³-hybridized carbons (Fsp3) is 0. The molecule has 0 bridgehead atoms. The van der Waals surface area contributed by atoms with Gasteiger partial charge in [-0.3, -0.25) is 4.40 Å². The van der Waals surface area contributed by atoms with Crippen LogP contribution in [0.1, 0.15) is 0 Å². The van der Waals surface area contributed by atoms with Crippen LogP contribution in [0.2, 0.25) is 5.02 Å². The Kier molecular flexibility index (Phi) is 2.97. The maximum absolute atomic E-state index is 6.10. The van der Waals surface area contributed by atoms with Crippen molar-refractivity contribution in [3.8, 4) is 11.6 Å². The normalized spacial score (nSPS) is 10.8. The molecule has 0 saturated carbocycles. The van der Waals surface area contributed by atoms with E-state index in [9.17, 15) is 0 Å². The molecule has 1 aromatic carbocycles. The van der Waals surface area contributed by atoms with Crippen LogP contribution in [0.3, 0.4) is 0 Å². The Morgan fingerprint density at radius 2 is 2.11 bits per heavy atom. The van der Waals surface area contributed by atoms with Crippen molar-refractivity contribution in [1.82, 2.24) is 9.38 Å². The zero-order valence-electron chi connectivity index (χ0n) is 9.18. The van der Waals surface area contributed by atoms with Crippen molar-refractivity contribution in [1.29, 1.82) is 0 Å². The van der Waals surface area contributed by atoms with Crippen molar-refractivity contribution in [3.05, 3.63) is 58.3 Å². The lowest BCUT2D eigenvalue weighted by Gasteiger charge is -2.09. The second kappa shape index (κ2) is 4.63. The van der Waals surface area contributed by atoms with Gasteiger partial charge in [-0.15, -0.1) is 0 Å². The minimum Gasteiger partial charge on any atom is -0.439 e. The molecule has 0 atom stereocenters. The molecule has 18 heavy (non-hydrogen) atoms. The molecule has 0 aliphatic heterocycles. The number of imidazole rings is 1. The van der Waals surface area contributed by atoms with Crippen LogP contribution in [0.25, 0.3) is 5.65 Å². The fourth-order valence-corrected chi connectivity index (χ4v) is 2.17. The van der Waals surface area contributed by atoms with E-state index in [1.807, 2.05) is 40.9 Å². The van der Waals surface area contributed by atoms with E-state index in [1.165, 1.54) is 0 Å². The van der Waals surface area contributed by atoms with Crippen molar-refractivity contribution in [2.24, 2.45) is 0 Å². The standard InChI is InChI=1S/C13H8BrClN2O/c14-9-4-5-10(15)11(8-9)18-13-3-1-2-12-16-6-7-17(12)13/h1-8H. The first-order valence-electron chi connectivity index (χ1n) is 5.29. The number of benzene rings is 1. The summed E-state index contributed by atoms with van der Waals surface area (Å²) in [6.45, 7) is 0. The minimum atomic E-state index is 0.565. The number of rotatable bonds is 2. The summed E-state index contributed by atoms with van der Waals surface area (Å²) in [5, 5.41) is 0.565. The summed E-state index contributed by atoms with van der Waals surface area (Å²) in [6, 6.07) is 11.2. The zero-order valence-corrected chi connectivity index (χ0v) is 11.5. The summed E-state index contributed by atoms with van der Waals surface area (Å²) >= 11 is 9.49. The molecule has 0 N–H and O–H groups in total. The smallest absolute Gasteiger partial charge is 0.205 e. The third kappa shape index (κ3) is 2.09. The van der Waals surface area contributed by atoms with Crippen molar-refractivity contribution < 1.29 is 4.74 Å². The summed E-state index contributed by atoms with van der Waals surface area (Å²) in [7, 11) is 0. The molecule has 3 rings (SSSR count). The lowest BCUT2D eigenvalue weighted by atomic mass is 10.3. The largest absolute Gasteiger partial charge is 0.439 e. The van der Waals surface area contributed by atoms with Gasteiger partial charge in [-0.2, -0.15) is 0 Å². The number of hydrogen-bond acceptors (Lipinski definition) is 2. The first-order chi connectivity index (χ1) is 8.74. The molecule has 3 nitrogen and oxygen atoms in total. The Balaban J connectivity index is 2.06. The highest BCUT2D eigenvalue weighted by molar-refractivity contribution is 9.10. The summed E-state index contributed by atoms with van der Waals surface area (Å²) in [6.07, 6.45) is 3.57. The maximum atomic E-state index is 6.10. The first kappa shape index (κ1) is 11.6. The van der Waals surface area contributed by atoms with Gasteiger partial charge in [-0.05, 0) is 30.3 Å². The Labute approximate surface area is 117 Å². The number of pyridine rings is 1. The van der Waals surface area contributed by atoms with Crippen LogP contribution < -0.4 is 4.74 Å². The monoisotopic (exact) mass is 322 g/mol. The van der Waals surface area contributed by atoms with Crippen molar-refractivity contribution in [3.63, 3.8) is 0 Å². The van der Waals surface area contributed by atoms with Gasteiger partial charge in [-0.25, -0.2) is 4.98 Å². The zero-order chi connectivity index (χ0) is 12.5. The van der Waals surface area contributed by atoms with Crippen LogP contribution in [-0.4, -0.2) is 9.38 Å². The van der Waals surface area contributed by atoms with Gasteiger partial charge < -0.3 is 4.74 Å². The van der Waals surface area contributed by atoms with Gasteiger partial charge in [-0.1, -0.05) is 33.6 Å². The number of halogens is 2. The first-order valence-corrected chi connectivity index (χ1v) is 6.46. The van der Waals surface area contributed by atoms with Gasteiger partial charge in [0.25, 0.3) is 0 Å². The van der Waals surface area contributed by atoms with E-state index in [2.05, 4.69) is 20.9 Å². The van der Waals surface area contributed by atoms with Crippen molar-refractivity contribution in [2.75, 3.05) is 0 Å². The van der Waals surface area contributed by atoms with E-state index in [1.54, 1.807) is 12.3 Å². The molecule has 90 valence electrons. The predicted octanol–water partition coefficient (Wildman–Crippen LogP) is 4.54. The lowest BCUT2D eigenvalue weighted by molar-refractivity contribution is 0.456. The number of fused-ring (bicyclic) bond motifs is 1. The van der Waals surface area contributed by atoms with Crippen LogP contribution in [0, 0.1) is 0 Å². The number of ether oxygens (including phenoxy) is 1. The topological polar surface area (TPSA) is 26.5 Å². The fourth-order valence-electron chi connectivity index (χ4n) is 1.67. The molecule has 3 aromatic rings. The minimum absolute atomic E-state index is 0.565. The van der Waals surface area contributed by atoms with Crippen LogP contribution in [0.15, 0.2) is 53.3 Å². The molecule has 0 spiro atoms. The number of aromatic nitrogens is 2. The van der Waals surface area contributed by atoms with E-state index >= 15 is 0 Å². The molecule has 0 aliphatic rings. The summed E-state index contributed by atoms with van der Waals surface area (Å²) in [5.74, 6) is 1.28. The van der Waals surface area contributed by atoms with Crippen molar-refractivity contribution in [2.45, 2.75) is 0 Å². The number of nitrogens with zero attached hydrogens (tertiary/aromatic N) is 2. The quantitative estimate of drug-likeness (QED) is 0.692. The van der Waals surface area contributed by atoms with Crippen LogP contribution >= 0.6 is 27.5 Å². The highest BCUT2D eigenvalue weighted by Crippen LogP contribution is 2.32. The molecule has 0 fully saturated rings. The van der Waals surface area contributed by atoms with Gasteiger partial charge in [0.2, 0.25) is 5.88 Å². The average Bonchev–Trinajstić information content (AvgIpc) is 2.83. The highest BCUT2D eigenvalue weighted by atomic mass is 79.9. The van der Waals surface area contributed by atoms with Crippen LogP contribution in [0.5, 0.6) is 11.6 Å². The van der Waals surface area contributed by atoms with Crippen LogP contribution in [-0.2, 0) is 0 Å². The van der Waals surface area contributed by atoms with Gasteiger partial charge in [0.15, 0.2) is 0 Å². The summed E-state index contributed by atoms with van der Waals surface area (Å²) < 4.78 is 8.60. The molecule has 5 heteroatoms. The second-order valence-corrected chi connectivity index (χ2v) is 5.02. The molecular weight excluding hydrogens is 316 g/mol. The van der Waals surface area contributed by atoms with Gasteiger partial charge in [0.05, 0.1) is 5.02 Å². The van der Waals surface area contributed by atoms with E-state index in [4.69, 9.17) is 16.3 Å². The van der Waals surface area contributed by atoms with Gasteiger partial charge >= 0.3 is 0 Å². The Morgan fingerprint density at radius 1 is 1.22 bits per heavy atom. The van der Waals surface area contributed by atoms with Crippen LogP contribution in [0.4, 0.5) is 0 Å². The number of hydrogen-bond donors (Lipinski definition) is 0. The van der Waals surface area contributed by atoms with E-state index < -0.39 is 0 Å². The van der Waals surface area contributed by atoms with E-state index in [0.717, 1.165) is 10.1 Å². The third-order valence-electron chi connectivity index (χ3n) is 2.50. The highest BCUT2D eigenvalue weighted by Gasteiger charge is 2.07. The molecule has 0 unspecified atom stereocenters. The SMILES string of the molecule is Clc1ccc(Br)cc1Oc1cccc2nccn12.